The van der Waals surface area contributed by atoms with Gasteiger partial charge in [-0.05, 0) is 47.7 Å². The van der Waals surface area contributed by atoms with Crippen LogP contribution < -0.4 is 4.90 Å². The minimum atomic E-state index is -4.40. The summed E-state index contributed by atoms with van der Waals surface area (Å²) in [5.41, 5.74) is 2.20. The highest BCUT2D eigenvalue weighted by Gasteiger charge is 2.31. The van der Waals surface area contributed by atoms with Crippen molar-refractivity contribution in [3.8, 4) is 0 Å². The van der Waals surface area contributed by atoms with Crippen LogP contribution in [0.15, 0.2) is 73.3 Å². The Kier molecular flexibility index (Phi) is 8.08. The van der Waals surface area contributed by atoms with Crippen molar-refractivity contribution >= 4 is 11.7 Å². The molecule has 0 radical (unpaired) electrons. The fourth-order valence-corrected chi connectivity index (χ4v) is 3.34. The van der Waals surface area contributed by atoms with Crippen molar-refractivity contribution in [2.45, 2.75) is 38.4 Å². The van der Waals surface area contributed by atoms with E-state index >= 15 is 0 Å². The SMILES string of the molecule is C=CCC(c1ccc(C(F)(F)F)cc1)N(CC(=C)C(=O)OC)c1ccc(C(C)C)cc1. The maximum atomic E-state index is 13.0. The number of halogens is 3. The summed E-state index contributed by atoms with van der Waals surface area (Å²) in [7, 11) is 1.28. The van der Waals surface area contributed by atoms with E-state index in [-0.39, 0.29) is 18.2 Å². The Labute approximate surface area is 181 Å². The quantitative estimate of drug-likeness (QED) is 0.252. The number of esters is 1. The third-order valence-corrected chi connectivity index (χ3v) is 5.12. The van der Waals surface area contributed by atoms with Gasteiger partial charge in [0.25, 0.3) is 0 Å². The van der Waals surface area contributed by atoms with Gasteiger partial charge in [-0.1, -0.05) is 50.8 Å². The molecule has 2 rings (SSSR count). The van der Waals surface area contributed by atoms with Crippen LogP contribution in [0, 0.1) is 0 Å². The average molecular weight is 431 g/mol. The fraction of sp³-hybridized carbons (Fsp3) is 0.320. The molecule has 1 unspecified atom stereocenters. The number of nitrogens with zero attached hydrogens (tertiary/aromatic N) is 1. The van der Waals surface area contributed by atoms with E-state index < -0.39 is 17.7 Å². The average Bonchev–Trinajstić information content (AvgIpc) is 2.75. The summed E-state index contributed by atoms with van der Waals surface area (Å²) in [5, 5.41) is 0. The molecule has 0 aliphatic carbocycles. The van der Waals surface area contributed by atoms with Gasteiger partial charge in [0.2, 0.25) is 0 Å². The number of rotatable bonds is 9. The highest BCUT2D eigenvalue weighted by molar-refractivity contribution is 5.88. The molecule has 0 aromatic heterocycles. The van der Waals surface area contributed by atoms with Crippen molar-refractivity contribution in [3.05, 3.63) is 90.0 Å². The van der Waals surface area contributed by atoms with Gasteiger partial charge in [0.15, 0.2) is 0 Å². The number of hydrogen-bond donors (Lipinski definition) is 0. The lowest BCUT2D eigenvalue weighted by Gasteiger charge is -2.34. The summed E-state index contributed by atoms with van der Waals surface area (Å²) >= 11 is 0. The third-order valence-electron chi connectivity index (χ3n) is 5.12. The monoisotopic (exact) mass is 431 g/mol. The third kappa shape index (κ3) is 6.23. The number of alkyl halides is 3. The Morgan fingerprint density at radius 3 is 2.06 bits per heavy atom. The molecule has 0 amide bonds. The Morgan fingerprint density at radius 2 is 1.61 bits per heavy atom. The van der Waals surface area contributed by atoms with E-state index in [4.69, 9.17) is 4.74 Å². The summed E-state index contributed by atoms with van der Waals surface area (Å²) in [6.07, 6.45) is -2.23. The van der Waals surface area contributed by atoms with Crippen LogP contribution in [0.1, 0.15) is 48.9 Å². The minimum Gasteiger partial charge on any atom is -0.466 e. The molecular weight excluding hydrogens is 403 g/mol. The van der Waals surface area contributed by atoms with Gasteiger partial charge >= 0.3 is 12.1 Å². The zero-order valence-corrected chi connectivity index (χ0v) is 18.1. The maximum absolute atomic E-state index is 13.0. The highest BCUT2D eigenvalue weighted by atomic mass is 19.4. The van der Waals surface area contributed by atoms with E-state index in [0.29, 0.717) is 17.9 Å². The Hall–Kier alpha value is -3.02. The molecule has 0 fully saturated rings. The fourth-order valence-electron chi connectivity index (χ4n) is 3.34. The van der Waals surface area contributed by atoms with Crippen LogP contribution in [0.4, 0.5) is 18.9 Å². The molecule has 166 valence electrons. The lowest BCUT2D eigenvalue weighted by Crippen LogP contribution is -2.32. The van der Waals surface area contributed by atoms with Gasteiger partial charge in [0.1, 0.15) is 0 Å². The van der Waals surface area contributed by atoms with Gasteiger partial charge < -0.3 is 9.64 Å². The molecule has 1 atom stereocenters. The van der Waals surface area contributed by atoms with E-state index in [1.807, 2.05) is 29.2 Å². The lowest BCUT2D eigenvalue weighted by atomic mass is 9.97. The number of ether oxygens (including phenoxy) is 1. The number of benzene rings is 2. The summed E-state index contributed by atoms with van der Waals surface area (Å²) in [4.78, 5) is 13.9. The summed E-state index contributed by atoms with van der Waals surface area (Å²) in [6, 6.07) is 12.6. The van der Waals surface area contributed by atoms with Crippen LogP contribution in [0.2, 0.25) is 0 Å². The second-order valence-electron chi connectivity index (χ2n) is 7.63. The molecule has 0 bridgehead atoms. The molecule has 0 aliphatic heterocycles. The first-order valence-corrected chi connectivity index (χ1v) is 9.99. The normalized spacial score (nSPS) is 12.4. The highest BCUT2D eigenvalue weighted by Crippen LogP contribution is 2.34. The molecule has 2 aromatic rings. The van der Waals surface area contributed by atoms with Crippen LogP contribution in [0.3, 0.4) is 0 Å². The molecule has 0 spiro atoms. The molecule has 0 saturated carbocycles. The number of anilines is 1. The van der Waals surface area contributed by atoms with Crippen molar-refractivity contribution in [1.82, 2.24) is 0 Å². The van der Waals surface area contributed by atoms with Crippen LogP contribution >= 0.6 is 0 Å². The van der Waals surface area contributed by atoms with Crippen LogP contribution in [-0.4, -0.2) is 19.6 Å². The van der Waals surface area contributed by atoms with Crippen LogP contribution in [0.5, 0.6) is 0 Å². The van der Waals surface area contributed by atoms with Gasteiger partial charge in [-0.3, -0.25) is 0 Å². The van der Waals surface area contributed by atoms with Gasteiger partial charge in [-0.25, -0.2) is 4.79 Å². The zero-order valence-electron chi connectivity index (χ0n) is 18.1. The van der Waals surface area contributed by atoms with E-state index in [1.165, 1.54) is 19.2 Å². The van der Waals surface area contributed by atoms with Gasteiger partial charge in [0, 0.05) is 11.3 Å². The molecule has 0 heterocycles. The van der Waals surface area contributed by atoms with Gasteiger partial charge in [-0.15, -0.1) is 6.58 Å². The van der Waals surface area contributed by atoms with Crippen molar-refractivity contribution in [2.24, 2.45) is 0 Å². The van der Waals surface area contributed by atoms with Crippen molar-refractivity contribution < 1.29 is 22.7 Å². The van der Waals surface area contributed by atoms with Crippen molar-refractivity contribution in [3.63, 3.8) is 0 Å². The Morgan fingerprint density at radius 1 is 1.06 bits per heavy atom. The number of carbonyl (C=O) groups excluding carboxylic acids is 1. The van der Waals surface area contributed by atoms with E-state index in [2.05, 4.69) is 27.0 Å². The van der Waals surface area contributed by atoms with Crippen molar-refractivity contribution in [2.75, 3.05) is 18.6 Å². The predicted octanol–water partition coefficient (Wildman–Crippen LogP) is 6.68. The molecule has 3 nitrogen and oxygen atoms in total. The topological polar surface area (TPSA) is 29.5 Å². The Bertz CT molecular complexity index is 900. The molecule has 0 saturated heterocycles. The number of carbonyl (C=O) groups is 1. The molecule has 31 heavy (non-hydrogen) atoms. The predicted molar refractivity (Wildman–Crippen MR) is 118 cm³/mol. The second-order valence-corrected chi connectivity index (χ2v) is 7.63. The maximum Gasteiger partial charge on any atom is 0.416 e. The smallest absolute Gasteiger partial charge is 0.416 e. The molecule has 0 N–H and O–H groups in total. The second kappa shape index (κ2) is 10.3. The first-order chi connectivity index (χ1) is 14.6. The minimum absolute atomic E-state index is 0.160. The van der Waals surface area contributed by atoms with Gasteiger partial charge in [-0.2, -0.15) is 13.2 Å². The summed E-state index contributed by atoms with van der Waals surface area (Å²) in [5.74, 6) is -0.181. The van der Waals surface area contributed by atoms with E-state index in [0.717, 1.165) is 23.4 Å². The standard InChI is InChI=1S/C25H28F3NO2/c1-6-7-23(20-8-12-21(13-9-20)25(26,27)28)29(16-18(4)24(30)31-5)22-14-10-19(11-15-22)17(2)3/h6,8-15,17,23H,1,4,7,16H2,2-3,5H3. The first kappa shape index (κ1) is 24.3. The van der Waals surface area contributed by atoms with Crippen LogP contribution in [0.25, 0.3) is 0 Å². The summed E-state index contributed by atoms with van der Waals surface area (Å²) < 4.78 is 43.8. The first-order valence-electron chi connectivity index (χ1n) is 9.99. The largest absolute Gasteiger partial charge is 0.466 e. The molecule has 0 aliphatic rings. The van der Waals surface area contributed by atoms with Crippen LogP contribution in [-0.2, 0) is 15.7 Å². The van der Waals surface area contributed by atoms with Gasteiger partial charge in [0.05, 0.1) is 25.3 Å². The number of methoxy groups -OCH3 is 1. The Balaban J connectivity index is 2.49. The molecule has 2 aromatic carbocycles. The molecular formula is C25H28F3NO2. The zero-order chi connectivity index (χ0) is 23.2. The van der Waals surface area contributed by atoms with E-state index in [9.17, 15) is 18.0 Å². The van der Waals surface area contributed by atoms with E-state index in [1.54, 1.807) is 6.08 Å². The number of hydrogen-bond acceptors (Lipinski definition) is 3. The lowest BCUT2D eigenvalue weighted by molar-refractivity contribution is -0.138. The molecule has 6 heteroatoms. The van der Waals surface area contributed by atoms with Crippen molar-refractivity contribution in [1.29, 1.82) is 0 Å². The summed E-state index contributed by atoms with van der Waals surface area (Å²) in [6.45, 7) is 12.0.